The molecule has 1 saturated carbocycles. The third kappa shape index (κ3) is 3.23. The van der Waals surface area contributed by atoms with E-state index < -0.39 is 0 Å². The predicted molar refractivity (Wildman–Crippen MR) is 120 cm³/mol. The summed E-state index contributed by atoms with van der Waals surface area (Å²) in [5.41, 5.74) is 2.41. The minimum Gasteiger partial charge on any atom is -0.342 e. The van der Waals surface area contributed by atoms with E-state index in [1.54, 1.807) is 0 Å². The van der Waals surface area contributed by atoms with Gasteiger partial charge in [-0.25, -0.2) is 4.98 Å². The minimum atomic E-state index is 0.221. The van der Waals surface area contributed by atoms with Gasteiger partial charge in [0.25, 0.3) is 0 Å². The maximum Gasteiger partial charge on any atom is 0.233 e. The van der Waals surface area contributed by atoms with Crippen LogP contribution in [0.5, 0.6) is 0 Å². The Morgan fingerprint density at radius 1 is 1.17 bits per heavy atom. The van der Waals surface area contributed by atoms with Crippen LogP contribution in [0.2, 0.25) is 0 Å². The van der Waals surface area contributed by atoms with Crippen LogP contribution in [0, 0.1) is 5.92 Å². The first-order chi connectivity index (χ1) is 14.7. The van der Waals surface area contributed by atoms with Crippen molar-refractivity contribution in [1.29, 1.82) is 0 Å². The van der Waals surface area contributed by atoms with Crippen molar-refractivity contribution >= 4 is 44.9 Å². The van der Waals surface area contributed by atoms with Crippen LogP contribution in [0.15, 0.2) is 5.16 Å². The summed E-state index contributed by atoms with van der Waals surface area (Å²) in [5.74, 6) is 2.86. The number of hydrogen-bond acceptors (Lipinski definition) is 6. The Hall–Kier alpha value is -1.67. The number of rotatable bonds is 4. The molecule has 30 heavy (non-hydrogen) atoms. The number of hydrogen-bond donors (Lipinski definition) is 0. The number of nitrogens with zero attached hydrogens (tertiary/aromatic N) is 5. The summed E-state index contributed by atoms with van der Waals surface area (Å²) in [7, 11) is 0. The first kappa shape index (κ1) is 19.0. The molecule has 3 aliphatic rings. The van der Waals surface area contributed by atoms with Gasteiger partial charge in [-0.3, -0.25) is 9.20 Å². The summed E-state index contributed by atoms with van der Waals surface area (Å²) in [5, 5.41) is 11.2. The largest absolute Gasteiger partial charge is 0.342 e. The van der Waals surface area contributed by atoms with Gasteiger partial charge in [-0.05, 0) is 62.8 Å². The second-order valence-corrected chi connectivity index (χ2v) is 11.2. The smallest absolute Gasteiger partial charge is 0.233 e. The number of thioether (sulfide) groups is 1. The summed E-state index contributed by atoms with van der Waals surface area (Å²) in [6.45, 7) is 4.01. The van der Waals surface area contributed by atoms with E-state index in [1.807, 2.05) is 16.2 Å². The van der Waals surface area contributed by atoms with Crippen molar-refractivity contribution in [1.82, 2.24) is 24.5 Å². The lowest BCUT2D eigenvalue weighted by Gasteiger charge is -2.30. The molecule has 3 aromatic rings. The quantitative estimate of drug-likeness (QED) is 0.560. The van der Waals surface area contributed by atoms with Crippen molar-refractivity contribution in [2.45, 2.75) is 69.4 Å². The normalized spacial score (nSPS) is 22.0. The molecule has 1 saturated heterocycles. The summed E-state index contributed by atoms with van der Waals surface area (Å²) in [6.07, 6.45) is 9.52. The molecule has 0 aromatic carbocycles. The molecule has 0 N–H and O–H groups in total. The first-order valence-corrected chi connectivity index (χ1v) is 13.1. The zero-order chi connectivity index (χ0) is 20.2. The molecule has 0 radical (unpaired) electrons. The van der Waals surface area contributed by atoms with Crippen LogP contribution in [-0.2, 0) is 17.6 Å². The standard InChI is InChI=1S/C22H27N5OS2/c1-13-5-4-10-26(11-13)17(28)12-29-22-25-24-20-18-15-6-2-3-7-16(15)30-21(18)23-19(27(20)22)14-8-9-14/h13-14H,2-12H2,1H3/t13-/m0/s1. The maximum absolute atomic E-state index is 12.8. The highest BCUT2D eigenvalue weighted by atomic mass is 32.2. The van der Waals surface area contributed by atoms with E-state index in [0.717, 1.165) is 47.4 Å². The molecule has 6 nitrogen and oxygen atoms in total. The fourth-order valence-corrected chi connectivity index (χ4v) is 7.10. The van der Waals surface area contributed by atoms with Crippen LogP contribution in [0.3, 0.4) is 0 Å². The summed E-state index contributed by atoms with van der Waals surface area (Å²) < 4.78 is 2.18. The molecule has 1 amide bonds. The van der Waals surface area contributed by atoms with E-state index in [9.17, 15) is 4.79 Å². The number of amides is 1. The Labute approximate surface area is 184 Å². The fraction of sp³-hybridized carbons (Fsp3) is 0.636. The SMILES string of the molecule is C[C@H]1CCCN(C(=O)CSc2nnc3c4c5c(sc4nc(C4CC4)n23)CCCC5)C1. The van der Waals surface area contributed by atoms with Crippen molar-refractivity contribution in [3.63, 3.8) is 0 Å². The average molecular weight is 442 g/mol. The van der Waals surface area contributed by atoms with Gasteiger partial charge in [0.05, 0.1) is 11.1 Å². The molecule has 0 unspecified atom stereocenters. The van der Waals surface area contributed by atoms with Crippen LogP contribution >= 0.6 is 23.1 Å². The number of thiophene rings is 1. The molecule has 0 bridgehead atoms. The van der Waals surface area contributed by atoms with Crippen LogP contribution < -0.4 is 0 Å². The van der Waals surface area contributed by atoms with Gasteiger partial charge in [0.2, 0.25) is 5.91 Å². The summed E-state index contributed by atoms with van der Waals surface area (Å²) >= 11 is 3.39. The third-order valence-electron chi connectivity index (χ3n) is 6.73. The van der Waals surface area contributed by atoms with Crippen LogP contribution in [0.25, 0.3) is 15.9 Å². The van der Waals surface area contributed by atoms with Gasteiger partial charge in [0.1, 0.15) is 10.7 Å². The zero-order valence-electron chi connectivity index (χ0n) is 17.4. The number of aryl methyl sites for hydroxylation is 2. The molecule has 1 atom stereocenters. The summed E-state index contributed by atoms with van der Waals surface area (Å²) in [4.78, 5) is 22.6. The average Bonchev–Trinajstić information content (AvgIpc) is 3.41. The van der Waals surface area contributed by atoms with Gasteiger partial charge >= 0.3 is 0 Å². The third-order valence-corrected chi connectivity index (χ3v) is 8.83. The van der Waals surface area contributed by atoms with Crippen molar-refractivity contribution in [2.24, 2.45) is 5.92 Å². The molecule has 4 heterocycles. The Bertz CT molecular complexity index is 1130. The molecule has 6 rings (SSSR count). The predicted octanol–water partition coefficient (Wildman–Crippen LogP) is 4.45. The monoisotopic (exact) mass is 441 g/mol. The molecule has 8 heteroatoms. The molecule has 2 fully saturated rings. The fourth-order valence-electron chi connectivity index (χ4n) is 5.00. The second kappa shape index (κ2) is 7.48. The highest BCUT2D eigenvalue weighted by molar-refractivity contribution is 7.99. The molecule has 3 aromatic heterocycles. The molecular formula is C22H27N5OS2. The number of aromatic nitrogens is 4. The highest BCUT2D eigenvalue weighted by Crippen LogP contribution is 2.44. The van der Waals surface area contributed by atoms with Crippen LogP contribution in [0.1, 0.15) is 67.6 Å². The molecule has 0 spiro atoms. The molecular weight excluding hydrogens is 414 g/mol. The molecule has 2 aliphatic carbocycles. The summed E-state index contributed by atoms with van der Waals surface area (Å²) in [6, 6.07) is 0. The van der Waals surface area contributed by atoms with E-state index >= 15 is 0 Å². The minimum absolute atomic E-state index is 0.221. The topological polar surface area (TPSA) is 63.4 Å². The van der Waals surface area contributed by atoms with Gasteiger partial charge in [0.15, 0.2) is 10.8 Å². The lowest BCUT2D eigenvalue weighted by atomic mass is 9.97. The van der Waals surface area contributed by atoms with E-state index in [0.29, 0.717) is 17.6 Å². The number of likely N-dealkylation sites (tertiary alicyclic amines) is 1. The van der Waals surface area contributed by atoms with Crippen molar-refractivity contribution in [3.8, 4) is 0 Å². The Morgan fingerprint density at radius 3 is 2.87 bits per heavy atom. The Morgan fingerprint density at radius 2 is 2.03 bits per heavy atom. The van der Waals surface area contributed by atoms with Crippen molar-refractivity contribution < 1.29 is 4.79 Å². The number of fused-ring (bicyclic) bond motifs is 5. The second-order valence-electron chi connectivity index (χ2n) is 9.15. The van der Waals surface area contributed by atoms with Gasteiger partial charge < -0.3 is 4.90 Å². The lowest BCUT2D eigenvalue weighted by molar-refractivity contribution is -0.130. The number of carbonyl (C=O) groups is 1. The van der Waals surface area contributed by atoms with Crippen LogP contribution in [0.4, 0.5) is 0 Å². The lowest BCUT2D eigenvalue weighted by Crippen LogP contribution is -2.40. The maximum atomic E-state index is 12.8. The Kier molecular flexibility index (Phi) is 4.75. The van der Waals surface area contributed by atoms with Gasteiger partial charge in [-0.15, -0.1) is 21.5 Å². The highest BCUT2D eigenvalue weighted by Gasteiger charge is 2.32. The molecule has 158 valence electrons. The molecule has 1 aliphatic heterocycles. The van der Waals surface area contributed by atoms with Crippen LogP contribution in [-0.4, -0.2) is 49.2 Å². The van der Waals surface area contributed by atoms with E-state index in [1.165, 1.54) is 66.1 Å². The zero-order valence-corrected chi connectivity index (χ0v) is 19.0. The van der Waals surface area contributed by atoms with E-state index in [-0.39, 0.29) is 5.91 Å². The number of carbonyl (C=O) groups excluding carboxylic acids is 1. The van der Waals surface area contributed by atoms with Gasteiger partial charge in [-0.2, -0.15) is 0 Å². The van der Waals surface area contributed by atoms with Gasteiger partial charge in [-0.1, -0.05) is 18.7 Å². The van der Waals surface area contributed by atoms with Crippen molar-refractivity contribution in [3.05, 3.63) is 16.3 Å². The Balaban J connectivity index is 1.36. The number of piperidine rings is 1. The van der Waals surface area contributed by atoms with E-state index in [4.69, 9.17) is 4.98 Å². The first-order valence-electron chi connectivity index (χ1n) is 11.3. The van der Waals surface area contributed by atoms with E-state index in [2.05, 4.69) is 21.5 Å². The van der Waals surface area contributed by atoms with Crippen molar-refractivity contribution in [2.75, 3.05) is 18.8 Å². The van der Waals surface area contributed by atoms with Gasteiger partial charge in [0, 0.05) is 23.9 Å².